The summed E-state index contributed by atoms with van der Waals surface area (Å²) in [6.07, 6.45) is 4.14. The highest BCUT2D eigenvalue weighted by Gasteiger charge is 2.64. The van der Waals surface area contributed by atoms with Gasteiger partial charge in [0.15, 0.2) is 0 Å². The van der Waals surface area contributed by atoms with Crippen molar-refractivity contribution in [2.24, 2.45) is 23.2 Å². The van der Waals surface area contributed by atoms with Gasteiger partial charge >= 0.3 is 11.9 Å². The zero-order chi connectivity index (χ0) is 18.5. The molecule has 1 aliphatic heterocycles. The van der Waals surface area contributed by atoms with Crippen LogP contribution in [0.1, 0.15) is 34.1 Å². The van der Waals surface area contributed by atoms with E-state index in [9.17, 15) is 14.4 Å². The number of carbonyl (C=O) groups is 3. The molecule has 25 heavy (non-hydrogen) atoms. The van der Waals surface area contributed by atoms with Crippen LogP contribution in [0.3, 0.4) is 0 Å². The second kappa shape index (κ2) is 5.97. The Kier molecular flexibility index (Phi) is 4.21. The summed E-state index contributed by atoms with van der Waals surface area (Å²) in [6.45, 7) is 11.1. The Balaban J connectivity index is 2.07. The molecule has 2 fully saturated rings. The summed E-state index contributed by atoms with van der Waals surface area (Å²) in [4.78, 5) is 36.7. The molecule has 1 saturated heterocycles. The van der Waals surface area contributed by atoms with Crippen LogP contribution in [0.25, 0.3) is 0 Å². The van der Waals surface area contributed by atoms with Gasteiger partial charge in [-0.05, 0) is 40.0 Å². The van der Waals surface area contributed by atoms with E-state index < -0.39 is 35.5 Å². The molecule has 6 atom stereocenters. The first-order chi connectivity index (χ1) is 11.8. The third-order valence-electron chi connectivity index (χ3n) is 6.25. The van der Waals surface area contributed by atoms with E-state index in [2.05, 4.69) is 12.7 Å². The molecule has 0 bridgehead atoms. The molecule has 0 unspecified atom stereocenters. The monoisotopic (exact) mass is 344 g/mol. The summed E-state index contributed by atoms with van der Waals surface area (Å²) >= 11 is 0. The second-order valence-corrected chi connectivity index (χ2v) is 7.52. The molecule has 0 N–H and O–H groups in total. The summed E-state index contributed by atoms with van der Waals surface area (Å²) < 4.78 is 11.4. The van der Waals surface area contributed by atoms with Crippen molar-refractivity contribution < 1.29 is 23.9 Å². The average molecular weight is 344 g/mol. The fraction of sp³-hybridized carbons (Fsp3) is 0.550. The van der Waals surface area contributed by atoms with Crippen LogP contribution in [-0.4, -0.2) is 30.4 Å². The zero-order valence-electron chi connectivity index (χ0n) is 15.1. The fourth-order valence-electron chi connectivity index (χ4n) is 4.58. The van der Waals surface area contributed by atoms with Crippen molar-refractivity contribution in [2.45, 2.75) is 46.3 Å². The summed E-state index contributed by atoms with van der Waals surface area (Å²) in [5.74, 6) is -1.55. The van der Waals surface area contributed by atoms with E-state index in [0.717, 1.165) is 11.9 Å². The highest BCUT2D eigenvalue weighted by Crippen LogP contribution is 2.58. The van der Waals surface area contributed by atoms with Crippen molar-refractivity contribution in [3.63, 3.8) is 0 Å². The van der Waals surface area contributed by atoms with Gasteiger partial charge in [-0.2, -0.15) is 0 Å². The van der Waals surface area contributed by atoms with Crippen molar-refractivity contribution in [3.8, 4) is 0 Å². The Hall–Kier alpha value is -2.17. The van der Waals surface area contributed by atoms with Crippen molar-refractivity contribution in [2.75, 3.05) is 0 Å². The van der Waals surface area contributed by atoms with Crippen molar-refractivity contribution in [1.82, 2.24) is 0 Å². The van der Waals surface area contributed by atoms with Gasteiger partial charge in [0.05, 0.1) is 11.3 Å². The minimum atomic E-state index is -0.902. The molecule has 0 aromatic rings. The number of esters is 2. The summed E-state index contributed by atoms with van der Waals surface area (Å²) in [7, 11) is 0. The smallest absolute Gasteiger partial charge is 0.334 e. The topological polar surface area (TPSA) is 69.7 Å². The summed E-state index contributed by atoms with van der Waals surface area (Å²) in [5.41, 5.74) is 0.960. The van der Waals surface area contributed by atoms with Crippen LogP contribution >= 0.6 is 0 Å². The average Bonchev–Trinajstić information content (AvgIpc) is 3.12. The number of ether oxygens (including phenoxy) is 2. The van der Waals surface area contributed by atoms with Crippen LogP contribution in [0.15, 0.2) is 35.5 Å². The van der Waals surface area contributed by atoms with Gasteiger partial charge < -0.3 is 14.3 Å². The molecule has 2 aliphatic carbocycles. The highest BCUT2D eigenvalue weighted by molar-refractivity contribution is 5.92. The molecule has 1 saturated carbocycles. The van der Waals surface area contributed by atoms with Crippen LogP contribution < -0.4 is 0 Å². The lowest BCUT2D eigenvalue weighted by atomic mass is 9.56. The van der Waals surface area contributed by atoms with Crippen LogP contribution in [0, 0.1) is 23.2 Å². The number of carbonyl (C=O) groups excluding carboxylic acids is 3. The Labute approximate surface area is 147 Å². The first-order valence-corrected chi connectivity index (χ1v) is 8.63. The first-order valence-electron chi connectivity index (χ1n) is 8.63. The molecule has 3 rings (SSSR count). The van der Waals surface area contributed by atoms with Crippen LogP contribution in [-0.2, 0) is 23.9 Å². The SMILES string of the molecule is C=C1C(=O)O[C@@H]2[C@H]3C(C)=CC[C@@H]3[C@](C)(C=O)[C@@H](OC(=O)/C(C)=C/C)[C@H]12. The van der Waals surface area contributed by atoms with Gasteiger partial charge in [-0.15, -0.1) is 0 Å². The third-order valence-corrected chi connectivity index (χ3v) is 6.25. The van der Waals surface area contributed by atoms with Crippen LogP contribution in [0.2, 0.25) is 0 Å². The van der Waals surface area contributed by atoms with Gasteiger partial charge in [-0.1, -0.05) is 24.3 Å². The first kappa shape index (κ1) is 17.6. The largest absolute Gasteiger partial charge is 0.458 e. The van der Waals surface area contributed by atoms with E-state index in [-0.39, 0.29) is 17.4 Å². The van der Waals surface area contributed by atoms with E-state index in [1.54, 1.807) is 19.9 Å². The molecule has 134 valence electrons. The van der Waals surface area contributed by atoms with E-state index in [1.807, 2.05) is 13.8 Å². The Morgan fingerprint density at radius 2 is 2.12 bits per heavy atom. The number of aldehydes is 1. The van der Waals surface area contributed by atoms with E-state index >= 15 is 0 Å². The Bertz CT molecular complexity index is 716. The standard InChI is InChI=1S/C20H24O5/c1-6-10(2)18(22)25-17-15-12(4)19(23)24-16(15)14-11(3)7-8-13(14)20(17,5)9-21/h6-7,9,13-17H,4,8H2,1-3,5H3/b10-6+/t13-,14-,15+,16+,17-,20-/m0/s1. The van der Waals surface area contributed by atoms with Gasteiger partial charge in [0.1, 0.15) is 18.5 Å². The third kappa shape index (κ3) is 2.40. The quantitative estimate of drug-likeness (QED) is 0.341. The zero-order valence-corrected chi connectivity index (χ0v) is 15.1. The van der Waals surface area contributed by atoms with Crippen LogP contribution in [0.4, 0.5) is 0 Å². The normalized spacial score (nSPS) is 40.1. The maximum atomic E-state index is 12.4. The Morgan fingerprint density at radius 1 is 1.44 bits per heavy atom. The van der Waals surface area contributed by atoms with Gasteiger partial charge in [-0.3, -0.25) is 0 Å². The molecule has 0 aromatic carbocycles. The molecule has 0 spiro atoms. The molecule has 5 nitrogen and oxygen atoms in total. The minimum Gasteiger partial charge on any atom is -0.458 e. The maximum absolute atomic E-state index is 12.4. The number of rotatable bonds is 3. The number of hydrogen-bond donors (Lipinski definition) is 0. The summed E-state index contributed by atoms with van der Waals surface area (Å²) in [5, 5.41) is 0. The van der Waals surface area contributed by atoms with Crippen molar-refractivity contribution in [3.05, 3.63) is 35.5 Å². The highest BCUT2D eigenvalue weighted by atomic mass is 16.6. The number of fused-ring (bicyclic) bond motifs is 3. The lowest BCUT2D eigenvalue weighted by molar-refractivity contribution is -0.177. The Morgan fingerprint density at radius 3 is 2.72 bits per heavy atom. The van der Waals surface area contributed by atoms with Crippen LogP contribution in [0.5, 0.6) is 0 Å². The van der Waals surface area contributed by atoms with Gasteiger partial charge in [0.2, 0.25) is 0 Å². The fourth-order valence-corrected chi connectivity index (χ4v) is 4.58. The molecular weight excluding hydrogens is 320 g/mol. The van der Waals surface area contributed by atoms with Gasteiger partial charge in [-0.25, -0.2) is 9.59 Å². The van der Waals surface area contributed by atoms with Gasteiger partial charge in [0, 0.05) is 17.1 Å². The van der Waals surface area contributed by atoms with Crippen molar-refractivity contribution in [1.29, 1.82) is 0 Å². The number of hydrogen-bond acceptors (Lipinski definition) is 5. The molecular formula is C20H24O5. The molecule has 0 aromatic heterocycles. The predicted octanol–water partition coefficient (Wildman–Crippen LogP) is 2.76. The van der Waals surface area contributed by atoms with Crippen molar-refractivity contribution >= 4 is 18.2 Å². The van der Waals surface area contributed by atoms with Gasteiger partial charge in [0.25, 0.3) is 0 Å². The molecule has 0 radical (unpaired) electrons. The molecule has 1 heterocycles. The summed E-state index contributed by atoms with van der Waals surface area (Å²) in [6, 6.07) is 0. The number of allylic oxidation sites excluding steroid dienone is 2. The predicted molar refractivity (Wildman–Crippen MR) is 91.3 cm³/mol. The molecule has 0 amide bonds. The second-order valence-electron chi connectivity index (χ2n) is 7.52. The molecule has 3 aliphatic rings. The minimum absolute atomic E-state index is 0.0406. The maximum Gasteiger partial charge on any atom is 0.334 e. The lowest BCUT2D eigenvalue weighted by Crippen LogP contribution is -2.58. The molecule has 5 heteroatoms. The lowest BCUT2D eigenvalue weighted by Gasteiger charge is -2.50. The van der Waals surface area contributed by atoms with E-state index in [4.69, 9.17) is 9.47 Å². The van der Waals surface area contributed by atoms with E-state index in [0.29, 0.717) is 12.0 Å². The van der Waals surface area contributed by atoms with E-state index in [1.165, 1.54) is 0 Å².